The largest absolute Gasteiger partial charge is 0.496 e. The Morgan fingerprint density at radius 1 is 1.21 bits per heavy atom. The van der Waals surface area contributed by atoms with E-state index in [9.17, 15) is 4.79 Å². The highest BCUT2D eigenvalue weighted by Gasteiger charge is 2.23. The molecule has 2 rings (SSSR count). The summed E-state index contributed by atoms with van der Waals surface area (Å²) >= 11 is 0. The van der Waals surface area contributed by atoms with E-state index in [1.54, 1.807) is 27.4 Å². The molecule has 1 atom stereocenters. The third-order valence-electron chi connectivity index (χ3n) is 4.83. The monoisotopic (exact) mass is 520 g/mol. The summed E-state index contributed by atoms with van der Waals surface area (Å²) < 4.78 is 16.2. The van der Waals surface area contributed by atoms with Gasteiger partial charge in [0.05, 0.1) is 27.9 Å². The fraction of sp³-hybridized carbons (Fsp3) is 0.600. The van der Waals surface area contributed by atoms with Crippen molar-refractivity contribution in [3.8, 4) is 17.2 Å². The highest BCUT2D eigenvalue weighted by molar-refractivity contribution is 14.0. The fourth-order valence-electron chi connectivity index (χ4n) is 3.51. The summed E-state index contributed by atoms with van der Waals surface area (Å²) in [5, 5.41) is 3.35. The van der Waals surface area contributed by atoms with Crippen molar-refractivity contribution in [1.82, 2.24) is 10.2 Å². The number of piperidine rings is 1. The summed E-state index contributed by atoms with van der Waals surface area (Å²) in [6.07, 6.45) is 2.45. The molecule has 0 aromatic heterocycles. The number of guanidine groups is 1. The van der Waals surface area contributed by atoms with Gasteiger partial charge in [0.1, 0.15) is 5.75 Å². The van der Waals surface area contributed by atoms with Crippen molar-refractivity contribution in [3.63, 3.8) is 0 Å². The zero-order valence-electron chi connectivity index (χ0n) is 17.7. The molecule has 1 aliphatic heterocycles. The Bertz CT molecular complexity index is 699. The van der Waals surface area contributed by atoms with Crippen LogP contribution in [0, 0.1) is 5.92 Å². The van der Waals surface area contributed by atoms with Crippen LogP contribution in [0.1, 0.15) is 31.7 Å². The summed E-state index contributed by atoms with van der Waals surface area (Å²) in [5.41, 5.74) is 6.29. The lowest BCUT2D eigenvalue weighted by atomic mass is 9.95. The molecule has 1 fully saturated rings. The molecule has 0 aliphatic carbocycles. The Morgan fingerprint density at radius 3 is 2.45 bits per heavy atom. The van der Waals surface area contributed by atoms with E-state index in [2.05, 4.69) is 10.2 Å². The van der Waals surface area contributed by atoms with Crippen molar-refractivity contribution >= 4 is 35.8 Å². The number of carbonyl (C=O) groups excluding carboxylic acids is 1. The van der Waals surface area contributed by atoms with E-state index in [1.165, 1.54) is 0 Å². The van der Waals surface area contributed by atoms with Gasteiger partial charge in [0.2, 0.25) is 5.91 Å². The number of primary amides is 1. The van der Waals surface area contributed by atoms with Crippen molar-refractivity contribution in [2.75, 3.05) is 41.0 Å². The van der Waals surface area contributed by atoms with Crippen LogP contribution in [0.2, 0.25) is 0 Å². The molecular weight excluding hydrogens is 487 g/mol. The maximum Gasteiger partial charge on any atom is 0.217 e. The predicted octanol–water partition coefficient (Wildman–Crippen LogP) is 2.38. The van der Waals surface area contributed by atoms with Gasteiger partial charge in [-0.05, 0) is 31.7 Å². The molecule has 0 radical (unpaired) electrons. The van der Waals surface area contributed by atoms with Gasteiger partial charge in [-0.25, -0.2) is 4.99 Å². The first kappa shape index (κ1) is 25.1. The number of halogens is 1. The first-order valence-electron chi connectivity index (χ1n) is 9.62. The van der Waals surface area contributed by atoms with Crippen LogP contribution in [-0.4, -0.2) is 57.7 Å². The average Bonchev–Trinajstić information content (AvgIpc) is 2.70. The minimum atomic E-state index is -0.246. The Labute approximate surface area is 190 Å². The number of methoxy groups -OCH3 is 3. The standard InChI is InChI=1S/C20H32N4O4.HI/c1-5-22-20(24-8-6-7-14(13-24)9-19(21)25)23-12-15-10-17(27-3)18(28-4)11-16(15)26-2;/h10-11,14H,5-9,12-13H2,1-4H3,(H2,21,25)(H,22,23);1H. The summed E-state index contributed by atoms with van der Waals surface area (Å²) in [5.74, 6) is 2.80. The van der Waals surface area contributed by atoms with Gasteiger partial charge in [-0.3, -0.25) is 4.79 Å². The zero-order chi connectivity index (χ0) is 20.5. The Kier molecular flexibility index (Phi) is 10.9. The van der Waals surface area contributed by atoms with Crippen molar-refractivity contribution < 1.29 is 19.0 Å². The van der Waals surface area contributed by atoms with Gasteiger partial charge in [-0.15, -0.1) is 24.0 Å². The third kappa shape index (κ3) is 7.13. The minimum Gasteiger partial charge on any atom is -0.496 e. The predicted molar refractivity (Wildman–Crippen MR) is 124 cm³/mol. The Balaban J connectivity index is 0.00000420. The van der Waals surface area contributed by atoms with E-state index in [4.69, 9.17) is 24.9 Å². The first-order valence-corrected chi connectivity index (χ1v) is 9.62. The van der Waals surface area contributed by atoms with Crippen LogP contribution in [0.25, 0.3) is 0 Å². The highest BCUT2D eigenvalue weighted by Crippen LogP contribution is 2.35. The molecular formula is C20H33IN4O4. The molecule has 1 unspecified atom stereocenters. The quantitative estimate of drug-likeness (QED) is 0.311. The molecule has 9 heteroatoms. The van der Waals surface area contributed by atoms with E-state index in [0.29, 0.717) is 30.2 Å². The topological polar surface area (TPSA) is 98.4 Å². The van der Waals surface area contributed by atoms with Crippen LogP contribution in [-0.2, 0) is 11.3 Å². The van der Waals surface area contributed by atoms with Gasteiger partial charge >= 0.3 is 0 Å². The van der Waals surface area contributed by atoms with Crippen molar-refractivity contribution in [1.29, 1.82) is 0 Å². The smallest absolute Gasteiger partial charge is 0.217 e. The molecule has 1 amide bonds. The number of carbonyl (C=O) groups is 1. The number of ether oxygens (including phenoxy) is 3. The number of likely N-dealkylation sites (tertiary alicyclic amines) is 1. The number of nitrogens with zero attached hydrogens (tertiary/aromatic N) is 2. The Hall–Kier alpha value is -1.91. The van der Waals surface area contributed by atoms with Gasteiger partial charge in [0.15, 0.2) is 17.5 Å². The van der Waals surface area contributed by atoms with Crippen LogP contribution in [0.3, 0.4) is 0 Å². The summed E-state index contributed by atoms with van der Waals surface area (Å²) in [6.45, 7) is 4.92. The SMILES string of the molecule is CCNC(=NCc1cc(OC)c(OC)cc1OC)N1CCCC(CC(N)=O)C1.I. The fourth-order valence-corrected chi connectivity index (χ4v) is 3.51. The third-order valence-corrected chi connectivity index (χ3v) is 4.83. The Morgan fingerprint density at radius 2 is 1.86 bits per heavy atom. The number of aliphatic imine (C=N–C) groups is 1. The van der Waals surface area contributed by atoms with E-state index in [-0.39, 0.29) is 35.8 Å². The molecule has 1 saturated heterocycles. The van der Waals surface area contributed by atoms with E-state index in [0.717, 1.165) is 44.0 Å². The normalized spacial score (nSPS) is 16.6. The molecule has 8 nitrogen and oxygen atoms in total. The van der Waals surface area contributed by atoms with Crippen LogP contribution in [0.5, 0.6) is 17.2 Å². The molecule has 0 spiro atoms. The van der Waals surface area contributed by atoms with Crippen molar-refractivity contribution in [3.05, 3.63) is 17.7 Å². The average molecular weight is 520 g/mol. The lowest BCUT2D eigenvalue weighted by Gasteiger charge is -2.34. The summed E-state index contributed by atoms with van der Waals surface area (Å²) in [7, 11) is 4.82. The number of rotatable bonds is 8. The molecule has 1 heterocycles. The molecule has 0 saturated carbocycles. The molecule has 1 aliphatic rings. The number of benzene rings is 1. The van der Waals surface area contributed by atoms with Crippen LogP contribution >= 0.6 is 24.0 Å². The van der Waals surface area contributed by atoms with E-state index in [1.807, 2.05) is 13.0 Å². The van der Waals surface area contributed by atoms with Gasteiger partial charge < -0.3 is 30.2 Å². The van der Waals surface area contributed by atoms with E-state index >= 15 is 0 Å². The lowest BCUT2D eigenvalue weighted by Crippen LogP contribution is -2.47. The molecule has 164 valence electrons. The van der Waals surface area contributed by atoms with Gasteiger partial charge in [0, 0.05) is 37.7 Å². The van der Waals surface area contributed by atoms with Crippen molar-refractivity contribution in [2.45, 2.75) is 32.7 Å². The molecule has 3 N–H and O–H groups in total. The van der Waals surface area contributed by atoms with Gasteiger partial charge in [-0.2, -0.15) is 0 Å². The number of nitrogens with two attached hydrogens (primary N) is 1. The first-order chi connectivity index (χ1) is 13.5. The molecule has 29 heavy (non-hydrogen) atoms. The van der Waals surface area contributed by atoms with Crippen LogP contribution in [0.4, 0.5) is 0 Å². The zero-order valence-corrected chi connectivity index (χ0v) is 20.0. The minimum absolute atomic E-state index is 0. The number of amides is 1. The van der Waals surface area contributed by atoms with Gasteiger partial charge in [0.25, 0.3) is 0 Å². The van der Waals surface area contributed by atoms with Crippen LogP contribution in [0.15, 0.2) is 17.1 Å². The second-order valence-corrected chi connectivity index (χ2v) is 6.81. The van der Waals surface area contributed by atoms with E-state index < -0.39 is 0 Å². The molecule has 1 aromatic rings. The maximum atomic E-state index is 11.3. The summed E-state index contributed by atoms with van der Waals surface area (Å²) in [6, 6.07) is 3.69. The van der Waals surface area contributed by atoms with Gasteiger partial charge in [-0.1, -0.05) is 0 Å². The highest BCUT2D eigenvalue weighted by atomic mass is 127. The second-order valence-electron chi connectivity index (χ2n) is 6.81. The second kappa shape index (κ2) is 12.6. The summed E-state index contributed by atoms with van der Waals surface area (Å²) in [4.78, 5) is 18.3. The number of hydrogen-bond donors (Lipinski definition) is 2. The van der Waals surface area contributed by atoms with Crippen molar-refractivity contribution in [2.24, 2.45) is 16.6 Å². The maximum absolute atomic E-state index is 11.3. The molecule has 1 aromatic carbocycles. The lowest BCUT2D eigenvalue weighted by molar-refractivity contribution is -0.119. The molecule has 0 bridgehead atoms. The van der Waals surface area contributed by atoms with Crippen LogP contribution < -0.4 is 25.3 Å². The number of nitrogens with one attached hydrogen (secondary N) is 1. The number of hydrogen-bond acceptors (Lipinski definition) is 5.